The predicted molar refractivity (Wildman–Crippen MR) is 107 cm³/mol. The molecule has 0 atom stereocenters. The molecule has 0 aliphatic carbocycles. The molecule has 2 heterocycles. The van der Waals surface area contributed by atoms with Crippen molar-refractivity contribution < 1.29 is 4.79 Å². The average Bonchev–Trinajstić information content (AvgIpc) is 3.31. The predicted octanol–water partition coefficient (Wildman–Crippen LogP) is 3.69. The van der Waals surface area contributed by atoms with Gasteiger partial charge in [0.05, 0.1) is 0 Å². The van der Waals surface area contributed by atoms with Crippen LogP contribution < -0.4 is 5.32 Å². The lowest BCUT2D eigenvalue weighted by Gasteiger charge is -2.08. The van der Waals surface area contributed by atoms with Crippen molar-refractivity contribution in [3.8, 4) is 0 Å². The Morgan fingerprint density at radius 3 is 2.74 bits per heavy atom. The number of aromatic nitrogens is 3. The van der Waals surface area contributed by atoms with Crippen LogP contribution in [-0.4, -0.2) is 27.0 Å². The zero-order valence-corrected chi connectivity index (χ0v) is 15.3. The summed E-state index contributed by atoms with van der Waals surface area (Å²) < 4.78 is 2.20. The van der Waals surface area contributed by atoms with E-state index in [1.165, 1.54) is 16.5 Å². The van der Waals surface area contributed by atoms with Gasteiger partial charge in [0.2, 0.25) is 0 Å². The van der Waals surface area contributed by atoms with Gasteiger partial charge in [-0.1, -0.05) is 35.9 Å². The molecule has 0 aliphatic heterocycles. The Bertz CT molecular complexity index is 1050. The molecule has 2 N–H and O–H groups in total. The van der Waals surface area contributed by atoms with Gasteiger partial charge in [-0.2, -0.15) is 0 Å². The summed E-state index contributed by atoms with van der Waals surface area (Å²) in [5.41, 5.74) is 4.24. The minimum atomic E-state index is -0.0396. The number of benzene rings is 2. The quantitative estimate of drug-likeness (QED) is 0.552. The molecule has 5 heteroatoms. The monoisotopic (exact) mass is 358 g/mol. The third kappa shape index (κ3) is 3.77. The molecular weight excluding hydrogens is 336 g/mol. The molecule has 0 spiro atoms. The molecule has 0 fully saturated rings. The summed E-state index contributed by atoms with van der Waals surface area (Å²) in [5.74, 6) is 0.910. The van der Waals surface area contributed by atoms with Crippen LogP contribution in [0.5, 0.6) is 0 Å². The van der Waals surface area contributed by atoms with E-state index < -0.39 is 0 Å². The summed E-state index contributed by atoms with van der Waals surface area (Å²) in [7, 11) is 0. The Labute approximate surface area is 158 Å². The highest BCUT2D eigenvalue weighted by molar-refractivity contribution is 5.94. The van der Waals surface area contributed by atoms with Gasteiger partial charge in [-0.15, -0.1) is 0 Å². The van der Waals surface area contributed by atoms with Gasteiger partial charge < -0.3 is 14.9 Å². The molecule has 4 aromatic rings. The SMILES string of the molecule is Cc1ccc(C(=O)NCCn2cc(Cc3ncc[nH]3)c3ccccc32)cc1. The molecule has 2 aromatic carbocycles. The lowest BCUT2D eigenvalue weighted by molar-refractivity contribution is 0.0952. The topological polar surface area (TPSA) is 62.7 Å². The molecule has 4 rings (SSSR count). The molecule has 136 valence electrons. The highest BCUT2D eigenvalue weighted by atomic mass is 16.1. The molecule has 2 aromatic heterocycles. The summed E-state index contributed by atoms with van der Waals surface area (Å²) in [6, 6.07) is 16.0. The van der Waals surface area contributed by atoms with Crippen LogP contribution in [0.25, 0.3) is 10.9 Å². The maximum Gasteiger partial charge on any atom is 0.251 e. The molecule has 0 aliphatic rings. The van der Waals surface area contributed by atoms with Crippen molar-refractivity contribution in [2.24, 2.45) is 0 Å². The fourth-order valence-corrected chi connectivity index (χ4v) is 3.32. The number of aryl methyl sites for hydroxylation is 1. The normalized spacial score (nSPS) is 11.0. The molecule has 0 saturated heterocycles. The number of para-hydroxylation sites is 1. The van der Waals surface area contributed by atoms with Crippen LogP contribution in [0.2, 0.25) is 0 Å². The van der Waals surface area contributed by atoms with Crippen LogP contribution in [0.3, 0.4) is 0 Å². The Hall–Kier alpha value is -3.34. The van der Waals surface area contributed by atoms with Gasteiger partial charge in [-0.3, -0.25) is 4.79 Å². The van der Waals surface area contributed by atoms with Crippen LogP contribution in [0.1, 0.15) is 27.3 Å². The van der Waals surface area contributed by atoms with Crippen molar-refractivity contribution in [3.05, 3.63) is 89.6 Å². The third-order valence-corrected chi connectivity index (χ3v) is 4.74. The second-order valence-corrected chi connectivity index (χ2v) is 6.70. The van der Waals surface area contributed by atoms with Crippen LogP contribution in [0, 0.1) is 6.92 Å². The number of nitrogens with zero attached hydrogens (tertiary/aromatic N) is 2. The molecular formula is C22H22N4O. The van der Waals surface area contributed by atoms with Crippen LogP contribution in [0.4, 0.5) is 0 Å². The molecule has 5 nitrogen and oxygen atoms in total. The lowest BCUT2D eigenvalue weighted by atomic mass is 10.1. The Kier molecular flexibility index (Phi) is 4.75. The van der Waals surface area contributed by atoms with Gasteiger partial charge in [0.15, 0.2) is 0 Å². The first-order chi connectivity index (χ1) is 13.2. The van der Waals surface area contributed by atoms with Crippen molar-refractivity contribution in [2.75, 3.05) is 6.54 Å². The zero-order valence-electron chi connectivity index (χ0n) is 15.3. The van der Waals surface area contributed by atoms with Gasteiger partial charge in [0, 0.05) is 54.6 Å². The summed E-state index contributed by atoms with van der Waals surface area (Å²) in [6.45, 7) is 3.31. The van der Waals surface area contributed by atoms with E-state index in [-0.39, 0.29) is 5.91 Å². The van der Waals surface area contributed by atoms with Gasteiger partial charge in [-0.05, 0) is 30.7 Å². The fraction of sp³-hybridized carbons (Fsp3) is 0.182. The van der Waals surface area contributed by atoms with Crippen LogP contribution in [-0.2, 0) is 13.0 Å². The number of H-pyrrole nitrogens is 1. The number of hydrogen-bond donors (Lipinski definition) is 2. The Balaban J connectivity index is 1.47. The first-order valence-electron chi connectivity index (χ1n) is 9.10. The summed E-state index contributed by atoms with van der Waals surface area (Å²) in [6.07, 6.45) is 6.53. The van der Waals surface area contributed by atoms with E-state index in [1.54, 1.807) is 6.20 Å². The molecule has 0 bridgehead atoms. The van der Waals surface area contributed by atoms with Crippen molar-refractivity contribution in [1.29, 1.82) is 0 Å². The van der Waals surface area contributed by atoms with Crippen LogP contribution in [0.15, 0.2) is 67.1 Å². The number of fused-ring (bicyclic) bond motifs is 1. The van der Waals surface area contributed by atoms with Gasteiger partial charge in [0.25, 0.3) is 5.91 Å². The minimum absolute atomic E-state index is 0.0396. The van der Waals surface area contributed by atoms with Crippen molar-refractivity contribution >= 4 is 16.8 Å². The molecule has 27 heavy (non-hydrogen) atoms. The maximum absolute atomic E-state index is 12.3. The number of hydrogen-bond acceptors (Lipinski definition) is 2. The van der Waals surface area contributed by atoms with E-state index in [2.05, 4.69) is 44.2 Å². The van der Waals surface area contributed by atoms with Crippen molar-refractivity contribution in [2.45, 2.75) is 19.9 Å². The summed E-state index contributed by atoms with van der Waals surface area (Å²) >= 11 is 0. The second kappa shape index (κ2) is 7.50. The number of imidazole rings is 1. The first kappa shape index (κ1) is 17.1. The highest BCUT2D eigenvalue weighted by Crippen LogP contribution is 2.23. The smallest absolute Gasteiger partial charge is 0.251 e. The number of aromatic amines is 1. The third-order valence-electron chi connectivity index (χ3n) is 4.74. The Morgan fingerprint density at radius 1 is 1.15 bits per heavy atom. The van der Waals surface area contributed by atoms with Gasteiger partial charge >= 0.3 is 0 Å². The average molecular weight is 358 g/mol. The van der Waals surface area contributed by atoms with Gasteiger partial charge in [-0.25, -0.2) is 4.98 Å². The minimum Gasteiger partial charge on any atom is -0.350 e. The lowest BCUT2D eigenvalue weighted by Crippen LogP contribution is -2.27. The highest BCUT2D eigenvalue weighted by Gasteiger charge is 2.10. The fourth-order valence-electron chi connectivity index (χ4n) is 3.32. The standard InChI is InChI=1S/C22H22N4O/c1-16-6-8-17(9-7-16)22(27)25-12-13-26-15-18(14-21-23-10-11-24-21)19-4-2-3-5-20(19)26/h2-11,15H,12-14H2,1H3,(H,23,24)(H,25,27). The number of carbonyl (C=O) groups is 1. The van der Waals surface area contributed by atoms with Crippen molar-refractivity contribution in [3.63, 3.8) is 0 Å². The molecule has 0 unspecified atom stereocenters. The number of carbonyl (C=O) groups excluding carboxylic acids is 1. The van der Waals surface area contributed by atoms with E-state index in [0.29, 0.717) is 12.1 Å². The zero-order chi connectivity index (χ0) is 18.6. The Morgan fingerprint density at radius 2 is 1.96 bits per heavy atom. The van der Waals surface area contributed by atoms with E-state index >= 15 is 0 Å². The van der Waals surface area contributed by atoms with E-state index in [4.69, 9.17) is 0 Å². The van der Waals surface area contributed by atoms with Gasteiger partial charge in [0.1, 0.15) is 5.82 Å². The largest absolute Gasteiger partial charge is 0.350 e. The number of rotatable bonds is 6. The maximum atomic E-state index is 12.3. The van der Waals surface area contributed by atoms with E-state index in [1.807, 2.05) is 43.5 Å². The first-order valence-corrected chi connectivity index (χ1v) is 9.10. The number of nitrogens with one attached hydrogen (secondary N) is 2. The molecule has 0 radical (unpaired) electrons. The number of amides is 1. The second-order valence-electron chi connectivity index (χ2n) is 6.70. The molecule has 1 amide bonds. The van der Waals surface area contributed by atoms with E-state index in [9.17, 15) is 4.79 Å². The van der Waals surface area contributed by atoms with Crippen molar-refractivity contribution in [1.82, 2.24) is 19.9 Å². The molecule has 0 saturated carbocycles. The van der Waals surface area contributed by atoms with E-state index in [0.717, 1.165) is 24.4 Å². The summed E-state index contributed by atoms with van der Waals surface area (Å²) in [5, 5.41) is 4.23. The summed E-state index contributed by atoms with van der Waals surface area (Å²) in [4.78, 5) is 19.8. The van der Waals surface area contributed by atoms with Crippen LogP contribution >= 0.6 is 0 Å².